The average molecular weight is 447 g/mol. The van der Waals surface area contributed by atoms with Gasteiger partial charge in [0.05, 0.1) is 11.8 Å². The Morgan fingerprint density at radius 3 is 2.22 bits per heavy atom. The molecule has 0 radical (unpaired) electrons. The topological polar surface area (TPSA) is 57.7 Å². The molecule has 32 heavy (non-hydrogen) atoms. The summed E-state index contributed by atoms with van der Waals surface area (Å²) in [5, 5.41) is 0.531. The first-order valence-corrected chi connectivity index (χ1v) is 11.5. The predicted octanol–water partition coefficient (Wildman–Crippen LogP) is 4.31. The van der Waals surface area contributed by atoms with E-state index in [1.54, 1.807) is 36.4 Å². The summed E-state index contributed by atoms with van der Waals surface area (Å²) in [6.45, 7) is 1.79. The van der Waals surface area contributed by atoms with Crippen molar-refractivity contribution in [3.63, 3.8) is 0 Å². The van der Waals surface area contributed by atoms with Crippen LogP contribution in [0.5, 0.6) is 0 Å². The Kier molecular flexibility index (Phi) is 4.34. The largest absolute Gasteiger partial charge is 0.289 e. The zero-order valence-electron chi connectivity index (χ0n) is 17.6. The van der Waals surface area contributed by atoms with E-state index in [9.17, 15) is 14.4 Å². The second-order valence-corrected chi connectivity index (χ2v) is 9.84. The summed E-state index contributed by atoms with van der Waals surface area (Å²) >= 11 is 6.36. The van der Waals surface area contributed by atoms with Crippen molar-refractivity contribution in [3.05, 3.63) is 76.8 Å². The Morgan fingerprint density at radius 2 is 1.62 bits per heavy atom. The smallest absolute Gasteiger partial charge is 0.259 e. The summed E-state index contributed by atoms with van der Waals surface area (Å²) in [7, 11) is 0. The van der Waals surface area contributed by atoms with Crippen LogP contribution in [0.1, 0.15) is 22.3 Å². The summed E-state index contributed by atoms with van der Waals surface area (Å²) in [6.07, 6.45) is 5.43. The lowest BCUT2D eigenvalue weighted by molar-refractivity contribution is -0.140. The number of nitrogens with zero attached hydrogens (tertiary/aromatic N) is 2. The van der Waals surface area contributed by atoms with Gasteiger partial charge in [-0.15, -0.1) is 0 Å². The minimum atomic E-state index is -0.281. The van der Waals surface area contributed by atoms with Gasteiger partial charge in [0.25, 0.3) is 5.91 Å². The van der Waals surface area contributed by atoms with Crippen LogP contribution >= 0.6 is 11.6 Å². The van der Waals surface area contributed by atoms with Gasteiger partial charge < -0.3 is 0 Å². The van der Waals surface area contributed by atoms with E-state index in [2.05, 4.69) is 12.2 Å². The SMILES string of the molecule is Cc1ccc(N(CN2C(=O)[C@H]3[C@@H]4C=C[C@H]([C@H]5C[C@H]45)[C@@H]3C2=O)C(=O)c2ccccc2)cc1Cl. The molecule has 2 saturated carbocycles. The number of likely N-dealkylation sites (tertiary alicyclic amines) is 1. The molecule has 2 aromatic rings. The number of allylic oxidation sites excluding steroid dienone is 2. The van der Waals surface area contributed by atoms with Crippen LogP contribution < -0.4 is 4.90 Å². The van der Waals surface area contributed by atoms with E-state index >= 15 is 0 Å². The van der Waals surface area contributed by atoms with Crippen LogP contribution in [0, 0.1) is 42.4 Å². The van der Waals surface area contributed by atoms with E-state index in [-0.39, 0.29) is 48.1 Å². The highest BCUT2D eigenvalue weighted by Crippen LogP contribution is 2.65. The maximum absolute atomic E-state index is 13.5. The molecule has 3 fully saturated rings. The number of carbonyl (C=O) groups is 3. The number of halogens is 1. The highest BCUT2D eigenvalue weighted by atomic mass is 35.5. The molecule has 5 aliphatic rings. The first-order chi connectivity index (χ1) is 15.5. The molecule has 0 spiro atoms. The van der Waals surface area contributed by atoms with E-state index < -0.39 is 0 Å². The molecular formula is C26H23ClN2O3. The van der Waals surface area contributed by atoms with Gasteiger partial charge in [-0.3, -0.25) is 24.2 Å². The zero-order valence-corrected chi connectivity index (χ0v) is 18.4. The first kappa shape index (κ1) is 19.7. The minimum absolute atomic E-state index is 0.105. The zero-order chi connectivity index (χ0) is 22.1. The summed E-state index contributed by atoms with van der Waals surface area (Å²) in [5.74, 6) is 0.273. The second kappa shape index (κ2) is 7.04. The lowest BCUT2D eigenvalue weighted by Gasteiger charge is -2.37. The molecule has 1 saturated heterocycles. The molecule has 3 amide bonds. The molecule has 162 valence electrons. The van der Waals surface area contributed by atoms with Crippen LogP contribution in [-0.2, 0) is 9.59 Å². The van der Waals surface area contributed by atoms with E-state index in [0.717, 1.165) is 12.0 Å². The van der Waals surface area contributed by atoms with Crippen molar-refractivity contribution < 1.29 is 14.4 Å². The number of aryl methyl sites for hydroxylation is 1. The number of benzene rings is 2. The quantitative estimate of drug-likeness (QED) is 0.519. The van der Waals surface area contributed by atoms with Gasteiger partial charge in [-0.1, -0.05) is 48.0 Å². The molecule has 0 N–H and O–H groups in total. The predicted molar refractivity (Wildman–Crippen MR) is 121 cm³/mol. The van der Waals surface area contributed by atoms with Crippen molar-refractivity contribution in [1.82, 2.24) is 4.90 Å². The second-order valence-electron chi connectivity index (χ2n) is 9.43. The van der Waals surface area contributed by atoms with Gasteiger partial charge in [0.1, 0.15) is 6.67 Å². The Balaban J connectivity index is 1.35. The third kappa shape index (κ3) is 2.80. The van der Waals surface area contributed by atoms with Crippen molar-refractivity contribution in [3.8, 4) is 0 Å². The highest BCUT2D eigenvalue weighted by Gasteiger charge is 2.67. The van der Waals surface area contributed by atoms with Crippen molar-refractivity contribution in [1.29, 1.82) is 0 Å². The summed E-state index contributed by atoms with van der Waals surface area (Å²) in [6, 6.07) is 14.3. The maximum atomic E-state index is 13.5. The van der Waals surface area contributed by atoms with E-state index in [1.165, 1.54) is 9.80 Å². The third-order valence-electron chi connectivity index (χ3n) is 7.77. The lowest BCUT2D eigenvalue weighted by Crippen LogP contribution is -2.45. The van der Waals surface area contributed by atoms with Crippen LogP contribution in [0.3, 0.4) is 0 Å². The summed E-state index contributed by atoms with van der Waals surface area (Å²) in [5.41, 5.74) is 1.95. The van der Waals surface area contributed by atoms with Crippen LogP contribution in [0.2, 0.25) is 5.02 Å². The number of hydrogen-bond donors (Lipinski definition) is 0. The molecule has 1 heterocycles. The number of rotatable bonds is 4. The number of anilines is 1. The van der Waals surface area contributed by atoms with Crippen molar-refractivity contribution in [2.75, 3.05) is 11.6 Å². The van der Waals surface area contributed by atoms with Crippen molar-refractivity contribution in [2.24, 2.45) is 35.5 Å². The molecule has 0 unspecified atom stereocenters. The minimum Gasteiger partial charge on any atom is -0.289 e. The van der Waals surface area contributed by atoms with Crippen LogP contribution in [-0.4, -0.2) is 29.3 Å². The molecule has 6 heteroatoms. The monoisotopic (exact) mass is 446 g/mol. The van der Waals surface area contributed by atoms with Crippen LogP contribution in [0.15, 0.2) is 60.7 Å². The highest BCUT2D eigenvalue weighted by molar-refractivity contribution is 6.31. The fourth-order valence-corrected chi connectivity index (χ4v) is 6.22. The fourth-order valence-electron chi connectivity index (χ4n) is 6.05. The average Bonchev–Trinajstić information content (AvgIpc) is 3.59. The van der Waals surface area contributed by atoms with Gasteiger partial charge in [0.2, 0.25) is 11.8 Å². The van der Waals surface area contributed by atoms with Gasteiger partial charge in [-0.05, 0) is 66.8 Å². The number of imide groups is 1. The molecule has 7 rings (SSSR count). The van der Waals surface area contributed by atoms with Gasteiger partial charge in [0, 0.05) is 16.3 Å². The first-order valence-electron chi connectivity index (χ1n) is 11.1. The van der Waals surface area contributed by atoms with Gasteiger partial charge >= 0.3 is 0 Å². The standard InChI is InChI=1S/C26H23ClN2O3/c1-14-7-8-16(11-21(14)27)28(24(30)15-5-3-2-4-6-15)13-29-25(31)22-17-9-10-18(20-12-19(17)20)23(22)26(29)32/h2-11,17-20,22-23H,12-13H2,1H3/t17-,18-,19-,20-,22+,23+/m1/s1. The van der Waals surface area contributed by atoms with Gasteiger partial charge in [0.15, 0.2) is 0 Å². The number of hydrogen-bond acceptors (Lipinski definition) is 3. The Bertz CT molecular complexity index is 1140. The van der Waals surface area contributed by atoms with E-state index in [1.807, 2.05) is 19.1 Å². The van der Waals surface area contributed by atoms with E-state index in [4.69, 9.17) is 11.6 Å². The maximum Gasteiger partial charge on any atom is 0.259 e. The molecule has 5 nitrogen and oxygen atoms in total. The Hall–Kier alpha value is -2.92. The number of carbonyl (C=O) groups excluding carboxylic acids is 3. The molecular weight excluding hydrogens is 424 g/mol. The molecule has 4 aliphatic carbocycles. The van der Waals surface area contributed by atoms with Crippen LogP contribution in [0.25, 0.3) is 0 Å². The van der Waals surface area contributed by atoms with Crippen molar-refractivity contribution in [2.45, 2.75) is 13.3 Å². The van der Waals surface area contributed by atoms with Gasteiger partial charge in [-0.2, -0.15) is 0 Å². The third-order valence-corrected chi connectivity index (χ3v) is 8.18. The van der Waals surface area contributed by atoms with Crippen molar-refractivity contribution >= 4 is 35.0 Å². The van der Waals surface area contributed by atoms with Crippen LogP contribution in [0.4, 0.5) is 5.69 Å². The molecule has 2 aromatic carbocycles. The van der Waals surface area contributed by atoms with Gasteiger partial charge in [-0.25, -0.2) is 0 Å². The molecule has 0 aromatic heterocycles. The number of amides is 3. The Morgan fingerprint density at radius 1 is 1.00 bits per heavy atom. The normalized spacial score (nSPS) is 31.5. The lowest BCUT2D eigenvalue weighted by atomic mass is 9.63. The Labute approximate surface area is 191 Å². The molecule has 2 bridgehead atoms. The molecule has 1 aliphatic heterocycles. The summed E-state index contributed by atoms with van der Waals surface area (Å²) in [4.78, 5) is 43.2. The van der Waals surface area contributed by atoms with E-state index in [0.29, 0.717) is 28.1 Å². The summed E-state index contributed by atoms with van der Waals surface area (Å²) < 4.78 is 0. The molecule has 6 atom stereocenters. The fraction of sp³-hybridized carbons (Fsp3) is 0.346.